The van der Waals surface area contributed by atoms with Crippen molar-refractivity contribution in [2.75, 3.05) is 5.75 Å². The average Bonchev–Trinajstić information content (AvgIpc) is 3.39. The Morgan fingerprint density at radius 2 is 1.67 bits per heavy atom. The van der Waals surface area contributed by atoms with Gasteiger partial charge in [0.05, 0.1) is 22.0 Å². The standard InChI is InChI=1S/C19H13F6N5O2S/c1-2-33(31,32)14-7-11(30-6-5-15(28-30)18(20,21)22)3-4-12(14)13-9-29-10-26-16(19(23,24)25)8-17(29)27-13/h3-10H,2H2,1H3. The first kappa shape index (κ1) is 22.8. The van der Waals surface area contributed by atoms with Gasteiger partial charge in [-0.1, -0.05) is 6.92 Å². The zero-order chi connectivity index (χ0) is 24.2. The second-order valence-corrected chi connectivity index (χ2v) is 9.14. The number of imidazole rings is 1. The third-order valence-corrected chi connectivity index (χ3v) is 6.51. The molecule has 33 heavy (non-hydrogen) atoms. The van der Waals surface area contributed by atoms with Gasteiger partial charge in [0.25, 0.3) is 0 Å². The Balaban J connectivity index is 1.86. The fourth-order valence-electron chi connectivity index (χ4n) is 3.07. The second-order valence-electron chi connectivity index (χ2n) is 6.89. The summed E-state index contributed by atoms with van der Waals surface area (Å²) in [6, 6.07) is 5.25. The molecular weight excluding hydrogens is 476 g/mol. The summed E-state index contributed by atoms with van der Waals surface area (Å²) >= 11 is 0. The lowest BCUT2D eigenvalue weighted by atomic mass is 10.1. The summed E-state index contributed by atoms with van der Waals surface area (Å²) in [4.78, 5) is 7.17. The third-order valence-electron chi connectivity index (χ3n) is 4.74. The van der Waals surface area contributed by atoms with Crippen LogP contribution in [-0.2, 0) is 22.2 Å². The molecule has 0 fully saturated rings. The molecule has 0 saturated heterocycles. The highest BCUT2D eigenvalue weighted by Crippen LogP contribution is 2.33. The lowest BCUT2D eigenvalue weighted by Gasteiger charge is -2.11. The van der Waals surface area contributed by atoms with Crippen LogP contribution in [0.15, 0.2) is 53.9 Å². The van der Waals surface area contributed by atoms with Crippen molar-refractivity contribution in [2.45, 2.75) is 24.2 Å². The van der Waals surface area contributed by atoms with E-state index in [-0.39, 0.29) is 33.2 Å². The number of aromatic nitrogens is 5. The highest BCUT2D eigenvalue weighted by Gasteiger charge is 2.34. The Hall–Kier alpha value is -3.42. The number of benzene rings is 1. The first-order chi connectivity index (χ1) is 15.3. The van der Waals surface area contributed by atoms with Crippen LogP contribution in [0.2, 0.25) is 0 Å². The summed E-state index contributed by atoms with van der Waals surface area (Å²) in [6.45, 7) is 1.38. The van der Waals surface area contributed by atoms with E-state index in [0.29, 0.717) is 6.07 Å². The molecule has 0 saturated carbocycles. The molecule has 4 aromatic rings. The minimum absolute atomic E-state index is 0.0473. The summed E-state index contributed by atoms with van der Waals surface area (Å²) in [7, 11) is -3.91. The minimum atomic E-state index is -4.69. The van der Waals surface area contributed by atoms with Gasteiger partial charge in [-0.15, -0.1) is 0 Å². The van der Waals surface area contributed by atoms with Crippen molar-refractivity contribution in [2.24, 2.45) is 0 Å². The van der Waals surface area contributed by atoms with Crippen molar-refractivity contribution in [3.8, 4) is 16.9 Å². The predicted octanol–water partition coefficient (Wildman–Crippen LogP) is 4.41. The maximum absolute atomic E-state index is 12.9. The zero-order valence-corrected chi connectivity index (χ0v) is 17.4. The molecule has 3 heterocycles. The topological polar surface area (TPSA) is 82.2 Å². The van der Waals surface area contributed by atoms with Crippen molar-refractivity contribution >= 4 is 15.5 Å². The zero-order valence-electron chi connectivity index (χ0n) is 16.6. The molecule has 0 N–H and O–H groups in total. The molecule has 1 aromatic carbocycles. The number of sulfone groups is 1. The number of rotatable bonds is 4. The number of hydrogen-bond acceptors (Lipinski definition) is 5. The van der Waals surface area contributed by atoms with E-state index in [4.69, 9.17) is 0 Å². The average molecular weight is 489 g/mol. The normalized spacial score (nSPS) is 13.1. The maximum Gasteiger partial charge on any atom is 0.435 e. The smallest absolute Gasteiger partial charge is 0.290 e. The molecule has 0 aliphatic rings. The lowest BCUT2D eigenvalue weighted by molar-refractivity contribution is -0.142. The molecule has 7 nitrogen and oxygen atoms in total. The highest BCUT2D eigenvalue weighted by atomic mass is 32.2. The van der Waals surface area contributed by atoms with E-state index in [9.17, 15) is 34.8 Å². The number of nitrogens with zero attached hydrogens (tertiary/aromatic N) is 5. The van der Waals surface area contributed by atoms with Crippen LogP contribution in [0.4, 0.5) is 26.3 Å². The second kappa shape index (κ2) is 7.57. The molecule has 0 amide bonds. The van der Waals surface area contributed by atoms with Gasteiger partial charge >= 0.3 is 12.4 Å². The van der Waals surface area contributed by atoms with Gasteiger partial charge in [0, 0.05) is 24.0 Å². The van der Waals surface area contributed by atoms with Crippen LogP contribution in [0.3, 0.4) is 0 Å². The monoisotopic (exact) mass is 489 g/mol. The van der Waals surface area contributed by atoms with Crippen LogP contribution < -0.4 is 0 Å². The Morgan fingerprint density at radius 3 is 2.27 bits per heavy atom. The van der Waals surface area contributed by atoms with Crippen molar-refractivity contribution in [1.29, 1.82) is 0 Å². The first-order valence-electron chi connectivity index (χ1n) is 9.22. The summed E-state index contributed by atoms with van der Waals surface area (Å²) in [6.07, 6.45) is -6.12. The third kappa shape index (κ3) is 4.29. The quantitative estimate of drug-likeness (QED) is 0.397. The number of halogens is 6. The van der Waals surface area contributed by atoms with Gasteiger partial charge < -0.3 is 0 Å². The highest BCUT2D eigenvalue weighted by molar-refractivity contribution is 7.91. The van der Waals surface area contributed by atoms with Gasteiger partial charge in [-0.05, 0) is 24.3 Å². The number of fused-ring (bicyclic) bond motifs is 1. The van der Waals surface area contributed by atoms with Crippen molar-refractivity contribution in [3.63, 3.8) is 0 Å². The van der Waals surface area contributed by atoms with Gasteiger partial charge in [0.2, 0.25) is 0 Å². The van der Waals surface area contributed by atoms with Crippen LogP contribution in [0.25, 0.3) is 22.6 Å². The van der Waals surface area contributed by atoms with Gasteiger partial charge in [0.15, 0.2) is 15.5 Å². The molecule has 3 aromatic heterocycles. The largest absolute Gasteiger partial charge is 0.435 e. The van der Waals surface area contributed by atoms with Gasteiger partial charge in [-0.25, -0.2) is 23.1 Å². The van der Waals surface area contributed by atoms with Crippen LogP contribution in [-0.4, -0.2) is 38.3 Å². The number of hydrogen-bond donors (Lipinski definition) is 0. The molecule has 0 aliphatic heterocycles. The minimum Gasteiger partial charge on any atom is -0.290 e. The van der Waals surface area contributed by atoms with E-state index in [0.717, 1.165) is 29.3 Å². The van der Waals surface area contributed by atoms with Crippen LogP contribution in [0.1, 0.15) is 18.3 Å². The molecule has 0 aliphatic carbocycles. The predicted molar refractivity (Wildman–Crippen MR) is 103 cm³/mol. The molecule has 14 heteroatoms. The van der Waals surface area contributed by atoms with E-state index in [1.165, 1.54) is 29.7 Å². The fraction of sp³-hybridized carbons (Fsp3) is 0.211. The lowest BCUT2D eigenvalue weighted by Crippen LogP contribution is -2.09. The Labute approximate surface area is 182 Å². The van der Waals surface area contributed by atoms with Gasteiger partial charge in [-0.2, -0.15) is 31.4 Å². The van der Waals surface area contributed by atoms with Crippen LogP contribution in [0.5, 0.6) is 0 Å². The molecule has 0 atom stereocenters. The van der Waals surface area contributed by atoms with Crippen LogP contribution in [0, 0.1) is 0 Å². The van der Waals surface area contributed by atoms with E-state index >= 15 is 0 Å². The first-order valence-corrected chi connectivity index (χ1v) is 10.9. The van der Waals surface area contributed by atoms with Crippen molar-refractivity contribution in [3.05, 3.63) is 60.4 Å². The number of alkyl halides is 6. The molecule has 0 spiro atoms. The van der Waals surface area contributed by atoms with Crippen LogP contribution >= 0.6 is 0 Å². The van der Waals surface area contributed by atoms with Crippen molar-refractivity contribution < 1.29 is 34.8 Å². The molecule has 4 rings (SSSR count). The molecule has 0 radical (unpaired) electrons. The molecule has 0 unspecified atom stereocenters. The van der Waals surface area contributed by atoms with E-state index in [2.05, 4.69) is 15.1 Å². The van der Waals surface area contributed by atoms with Gasteiger partial charge in [0.1, 0.15) is 17.7 Å². The summed E-state index contributed by atoms with van der Waals surface area (Å²) in [5.74, 6) is -0.330. The maximum atomic E-state index is 12.9. The summed E-state index contributed by atoms with van der Waals surface area (Å²) in [5, 5.41) is 3.43. The van der Waals surface area contributed by atoms with E-state index in [1.807, 2.05) is 0 Å². The molecular formula is C19H13F6N5O2S. The van der Waals surface area contributed by atoms with Gasteiger partial charge in [-0.3, -0.25) is 4.40 Å². The molecule has 174 valence electrons. The Morgan fingerprint density at radius 1 is 0.970 bits per heavy atom. The fourth-order valence-corrected chi connectivity index (χ4v) is 4.19. The Kier molecular flexibility index (Phi) is 5.22. The Bertz CT molecular complexity index is 1450. The van der Waals surface area contributed by atoms with E-state index < -0.39 is 33.6 Å². The van der Waals surface area contributed by atoms with Crippen molar-refractivity contribution in [1.82, 2.24) is 24.1 Å². The van der Waals surface area contributed by atoms with E-state index in [1.54, 1.807) is 0 Å². The summed E-state index contributed by atoms with van der Waals surface area (Å²) in [5.41, 5.74) is -2.26. The SMILES string of the molecule is CCS(=O)(=O)c1cc(-n2ccc(C(F)(F)F)n2)ccc1-c1cn2cnc(C(F)(F)F)cc2n1. The molecule has 0 bridgehead atoms. The summed E-state index contributed by atoms with van der Waals surface area (Å²) < 4.78 is 105.